The van der Waals surface area contributed by atoms with E-state index in [2.05, 4.69) is 81.6 Å². The molecule has 5 aromatic rings. The molecule has 66 heavy (non-hydrogen) atoms. The summed E-state index contributed by atoms with van der Waals surface area (Å²) < 4.78 is 25.0. The first-order valence-corrected chi connectivity index (χ1v) is 50.7. The van der Waals surface area contributed by atoms with Crippen molar-refractivity contribution in [1.29, 1.82) is 0 Å². The zero-order valence-corrected chi connectivity index (χ0v) is 52.8. The van der Waals surface area contributed by atoms with Crippen LogP contribution in [-0.4, -0.2) is 82.6 Å². The van der Waals surface area contributed by atoms with Gasteiger partial charge in [0.05, 0.1) is 0 Å². The van der Waals surface area contributed by atoms with Crippen molar-refractivity contribution in [2.75, 3.05) is 0 Å². The molecule has 0 amide bonds. The van der Waals surface area contributed by atoms with Gasteiger partial charge in [0.1, 0.15) is 0 Å². The van der Waals surface area contributed by atoms with E-state index < -0.39 is 36.8 Å². The van der Waals surface area contributed by atoms with Crippen LogP contribution in [0.1, 0.15) is 230 Å². The van der Waals surface area contributed by atoms with Gasteiger partial charge in [-0.3, -0.25) is 0 Å². The Morgan fingerprint density at radius 2 is 0.621 bits per heavy atom. The van der Waals surface area contributed by atoms with Crippen molar-refractivity contribution in [3.8, 4) is 22.3 Å². The molecule has 7 rings (SSSR count). The molecule has 0 bridgehead atoms. The van der Waals surface area contributed by atoms with Crippen LogP contribution < -0.4 is 7.16 Å². The molecule has 8 heteroatoms. The van der Waals surface area contributed by atoms with E-state index in [1.54, 1.807) is 40.5 Å². The van der Waals surface area contributed by atoms with E-state index in [4.69, 9.17) is 15.9 Å². The summed E-state index contributed by atoms with van der Waals surface area (Å²) in [4.78, 5) is 15.7. The summed E-state index contributed by atoms with van der Waals surface area (Å²) in [6.45, 7) is 9.42. The van der Waals surface area contributed by atoms with Crippen LogP contribution in [0.5, 0.6) is 0 Å². The van der Waals surface area contributed by atoms with E-state index in [0.717, 1.165) is 0 Å². The average Bonchev–Trinajstić information content (AvgIpc) is 4.08. The third kappa shape index (κ3) is 11.4. The van der Waals surface area contributed by atoms with Gasteiger partial charge in [-0.25, -0.2) is 0 Å². The number of benzene rings is 3. The Balaban J connectivity index is 1.49. The molecule has 362 valence electrons. The Kier molecular flexibility index (Phi) is 19.6. The third-order valence-corrected chi connectivity index (χ3v) is 29.9. The van der Waals surface area contributed by atoms with Crippen molar-refractivity contribution in [2.24, 2.45) is 0 Å². The van der Waals surface area contributed by atoms with Gasteiger partial charge in [-0.05, 0) is 0 Å². The van der Waals surface area contributed by atoms with Crippen molar-refractivity contribution in [2.45, 2.75) is 248 Å². The quantitative estimate of drug-likeness (QED) is 0.0340. The molecule has 0 fully saturated rings. The van der Waals surface area contributed by atoms with E-state index in [9.17, 15) is 0 Å². The molecule has 0 N–H and O–H groups in total. The summed E-state index contributed by atoms with van der Waals surface area (Å²) in [6.07, 6.45) is 37.2. The van der Waals surface area contributed by atoms with Crippen molar-refractivity contribution >= 4 is 95.9 Å². The molecule has 0 spiro atoms. The fourth-order valence-electron chi connectivity index (χ4n) is 12.6. The van der Waals surface area contributed by atoms with Gasteiger partial charge in [-0.1, -0.05) is 0 Å². The van der Waals surface area contributed by atoms with Crippen LogP contribution in [0, 0.1) is 0 Å². The maximum atomic E-state index is 5.51. The number of fused-ring (bicyclic) bond motifs is 10. The van der Waals surface area contributed by atoms with Crippen LogP contribution in [0.15, 0.2) is 24.3 Å². The Morgan fingerprint density at radius 3 is 0.909 bits per heavy atom. The summed E-state index contributed by atoms with van der Waals surface area (Å²) in [7, 11) is 0. The molecular formula is C58H90N4Se2Sn2. The van der Waals surface area contributed by atoms with Gasteiger partial charge >= 0.3 is 429 Å². The van der Waals surface area contributed by atoms with Gasteiger partial charge < -0.3 is 0 Å². The fourth-order valence-corrected chi connectivity index (χ4v) is 24.3. The Labute approximate surface area is 424 Å². The molecule has 3 aromatic carbocycles. The third-order valence-electron chi connectivity index (χ3n) is 16.3. The SMILES string of the molecule is CCCCCCCCC1(CCCCCCCC)c2cc3c(cc2-c2c1c[c]([Sn]([CH3])([CH3])[CH3])c1n[se]nc21)C(CCCCCCCC)(CCCCCCCC)c1c[c]([Sn]([CH3])([CH3])[CH3])c2n[se]nc2c1-3. The van der Waals surface area contributed by atoms with Crippen molar-refractivity contribution < 1.29 is 0 Å². The van der Waals surface area contributed by atoms with Crippen molar-refractivity contribution in [1.82, 2.24) is 15.9 Å². The molecule has 2 aliphatic rings. The molecule has 2 heterocycles. The zero-order valence-electron chi connectivity index (χ0n) is 43.7. The van der Waals surface area contributed by atoms with Gasteiger partial charge in [0.2, 0.25) is 0 Å². The second-order valence-corrected chi connectivity index (χ2v) is 54.3. The number of unbranched alkanes of at least 4 members (excludes halogenated alkanes) is 20. The first kappa shape index (κ1) is 53.3. The van der Waals surface area contributed by atoms with Gasteiger partial charge in [0.15, 0.2) is 0 Å². The van der Waals surface area contributed by atoms with E-state index in [0.29, 0.717) is 0 Å². The number of aromatic nitrogens is 4. The minimum absolute atomic E-state index is 0.00161. The van der Waals surface area contributed by atoms with E-state index in [1.165, 1.54) is 213 Å². The minimum atomic E-state index is -2.63. The maximum absolute atomic E-state index is 5.51. The normalized spacial score (nSPS) is 14.9. The van der Waals surface area contributed by atoms with Crippen LogP contribution in [-0.2, 0) is 10.8 Å². The molecule has 2 aromatic heterocycles. The monoisotopic (exact) mass is 1240 g/mol. The van der Waals surface area contributed by atoms with Gasteiger partial charge in [-0.2, -0.15) is 0 Å². The molecule has 2 aliphatic carbocycles. The van der Waals surface area contributed by atoms with Crippen LogP contribution >= 0.6 is 0 Å². The molecule has 4 nitrogen and oxygen atoms in total. The number of hydrogen-bond donors (Lipinski definition) is 0. The number of nitrogens with zero attached hydrogens (tertiary/aromatic N) is 4. The first-order valence-electron chi connectivity index (χ1n) is 27.7. The average molecular weight is 1240 g/mol. The molecule has 0 atom stereocenters. The van der Waals surface area contributed by atoms with Gasteiger partial charge in [0, 0.05) is 0 Å². The Bertz CT molecular complexity index is 2150. The predicted molar refractivity (Wildman–Crippen MR) is 297 cm³/mol. The standard InChI is InChI=1S/C52H72N4Se2.6CH3.2Sn/c1-5-9-13-17-21-25-33-51(34-26-22-18-14-10-6-2)41-29-31-45-49(55-57-53-45)47(41)39-38-44-40(37-43(39)51)48-42(30-32-46-50(48)56-58-54-46)52(44,35-27-23-19-15-11-7-3)36-28-24-20-16-12-8-4;;;;;;;;/h29-30,37-38H,5-28,33-36H2,1-4H3;6*1H3;;. The predicted octanol–water partition coefficient (Wildman–Crippen LogP) is 16.3. The van der Waals surface area contributed by atoms with E-state index in [1.807, 2.05) is 0 Å². The van der Waals surface area contributed by atoms with Crippen LogP contribution in [0.4, 0.5) is 0 Å². The molecule has 0 saturated heterocycles. The molecule has 0 radical (unpaired) electrons. The summed E-state index contributed by atoms with van der Waals surface area (Å²) in [5, 5.41) is 0. The van der Waals surface area contributed by atoms with E-state index >= 15 is 0 Å². The number of rotatable bonds is 30. The molecule has 0 aliphatic heterocycles. The fraction of sp³-hybridized carbons (Fsp3) is 0.690. The zero-order chi connectivity index (χ0) is 47.0. The van der Waals surface area contributed by atoms with Crippen LogP contribution in [0.25, 0.3) is 44.3 Å². The first-order chi connectivity index (χ1) is 31.9. The van der Waals surface area contributed by atoms with Gasteiger partial charge in [-0.15, -0.1) is 0 Å². The topological polar surface area (TPSA) is 51.6 Å². The summed E-state index contributed by atoms with van der Waals surface area (Å²) >= 11 is -5.39. The second kappa shape index (κ2) is 24.3. The summed E-state index contributed by atoms with van der Waals surface area (Å²) in [5.74, 6) is 0. The van der Waals surface area contributed by atoms with Crippen molar-refractivity contribution in [3.05, 3.63) is 46.5 Å². The molecular weight excluding hydrogens is 1150 g/mol. The van der Waals surface area contributed by atoms with Crippen LogP contribution in [0.2, 0.25) is 29.6 Å². The summed E-state index contributed by atoms with van der Waals surface area (Å²) in [6, 6.07) is 11.3. The summed E-state index contributed by atoms with van der Waals surface area (Å²) in [5.41, 5.74) is 17.9. The van der Waals surface area contributed by atoms with Crippen LogP contribution in [0.3, 0.4) is 0 Å². The second-order valence-electron chi connectivity index (χ2n) is 23.3. The molecule has 0 unspecified atom stereocenters. The number of hydrogen-bond acceptors (Lipinski definition) is 4. The Morgan fingerprint density at radius 1 is 0.348 bits per heavy atom. The van der Waals surface area contributed by atoms with Crippen molar-refractivity contribution in [3.63, 3.8) is 0 Å². The van der Waals surface area contributed by atoms with Gasteiger partial charge in [0.25, 0.3) is 0 Å². The Hall–Kier alpha value is -0.504. The molecule has 0 saturated carbocycles. The van der Waals surface area contributed by atoms with E-state index in [-0.39, 0.29) is 40.8 Å².